The van der Waals surface area contributed by atoms with Crippen molar-refractivity contribution in [2.24, 2.45) is 0 Å². The molecule has 0 nitrogen and oxygen atoms in total. The first-order valence-corrected chi connectivity index (χ1v) is 0. The van der Waals surface area contributed by atoms with Gasteiger partial charge in [-0.15, -0.1) is 0 Å². The second-order valence-corrected chi connectivity index (χ2v) is 0. The van der Waals surface area contributed by atoms with E-state index in [1.54, 1.807) is 0 Å². The van der Waals surface area contributed by atoms with Crippen LogP contribution in [0.1, 0.15) is 0 Å². The molecule has 1 radical (unpaired) electrons. The predicted octanol–water partition coefficient (Wildman–Crippen LogP) is -3.56. The molecule has 0 fully saturated rings. The Kier molecular flexibility index (Phi) is 432. The Labute approximate surface area is 138 Å². The normalized spacial score (nSPS) is 0. The summed E-state index contributed by atoms with van der Waals surface area (Å²) in [4.78, 5) is 0. The third-order valence-electron chi connectivity index (χ3n) is 0. The Morgan fingerprint density at radius 2 is 1.00 bits per heavy atom. The summed E-state index contributed by atoms with van der Waals surface area (Å²) in [7, 11) is 0. The van der Waals surface area contributed by atoms with Crippen molar-refractivity contribution >= 4 is 66.1 Å². The molecule has 37 valence electrons. The maximum Gasteiger partial charge on any atom is 0 e. The van der Waals surface area contributed by atoms with Crippen LogP contribution in [0, 0.1) is 0 Å². The summed E-state index contributed by atoms with van der Waals surface area (Å²) in [5.74, 6) is 0. The molecule has 7 heavy (non-hydrogen) atoms. The summed E-state index contributed by atoms with van der Waals surface area (Å²) in [6, 6.07) is 0. The van der Waals surface area contributed by atoms with Gasteiger partial charge >= 0.3 is 37.7 Å². The molecule has 0 bridgehead atoms. The van der Waals surface area contributed by atoms with Crippen LogP contribution in [-0.2, 0) is 75.6 Å². The van der Waals surface area contributed by atoms with Gasteiger partial charge in [0.25, 0.3) is 0 Å². The molecule has 0 rings (SSSR count). The fraction of sp³-hybridized carbons (Fsp3) is 0. The Morgan fingerprint density at radius 1 is 1.00 bits per heavy atom. The molecule has 0 spiro atoms. The van der Waals surface area contributed by atoms with Crippen molar-refractivity contribution in [3.63, 3.8) is 0 Å². The largest absolute Gasteiger partial charge is 0.0149 e. The molecule has 0 aromatic carbocycles. The van der Waals surface area contributed by atoms with E-state index in [2.05, 4.69) is 0 Å². The Hall–Kier alpha value is 4.40. The molecule has 7 heteroatoms. The van der Waals surface area contributed by atoms with Crippen LogP contribution in [0.2, 0.25) is 0 Å². The van der Waals surface area contributed by atoms with Gasteiger partial charge in [0.15, 0.2) is 17.4 Å². The van der Waals surface area contributed by atoms with Crippen molar-refractivity contribution in [1.29, 1.82) is 0 Å². The maximum absolute atomic E-state index is 0. The van der Waals surface area contributed by atoms with Crippen LogP contribution in [0.25, 0.3) is 0 Å². The minimum Gasteiger partial charge on any atom is -0.0149 e. The monoisotopic (exact) mass is 323 g/mol. The molecule has 0 unspecified atom stereocenters. The van der Waals surface area contributed by atoms with Gasteiger partial charge in [-0.05, 0) is 11.0 Å². The topological polar surface area (TPSA) is 0 Å². The van der Waals surface area contributed by atoms with E-state index in [0.29, 0.717) is 0 Å². The molecule has 0 heterocycles. The van der Waals surface area contributed by atoms with E-state index in [9.17, 15) is 0 Å². The first kappa shape index (κ1) is 63.7. The van der Waals surface area contributed by atoms with Crippen molar-refractivity contribution in [1.82, 2.24) is 0 Å². The van der Waals surface area contributed by atoms with Crippen molar-refractivity contribution in [2.75, 3.05) is 0 Å². The van der Waals surface area contributed by atoms with Crippen LogP contribution in [0.3, 0.4) is 0 Å². The summed E-state index contributed by atoms with van der Waals surface area (Å²) in [5, 5.41) is 0. The fourth-order valence-electron chi connectivity index (χ4n) is 0. The van der Waals surface area contributed by atoms with Crippen LogP contribution < -0.4 is 0 Å². The summed E-state index contributed by atoms with van der Waals surface area (Å²) in [6.45, 7) is 0. The average Bonchev–Trinajstić information content (AvgIpc) is 0. The number of hydrogen-bond donors (Lipinski definition) is 0. The van der Waals surface area contributed by atoms with Gasteiger partial charge in [-0.2, -0.15) is 0 Å². The van der Waals surface area contributed by atoms with Crippen molar-refractivity contribution in [3.05, 3.63) is 0 Å². The van der Waals surface area contributed by atoms with Crippen LogP contribution in [0.5, 0.6) is 0 Å². The average molecular weight is 324 g/mol. The maximum atomic E-state index is 0. The van der Waals surface area contributed by atoms with E-state index >= 15 is 0 Å². The van der Waals surface area contributed by atoms with E-state index in [4.69, 9.17) is 0 Å². The number of rotatable bonds is 0. The van der Waals surface area contributed by atoms with Gasteiger partial charge in [-0.25, -0.2) is 0 Å². The zero-order valence-corrected chi connectivity index (χ0v) is 8.98. The predicted molar refractivity (Wildman–Crippen MR) is 29.8 cm³/mol. The Balaban J connectivity index is 0. The van der Waals surface area contributed by atoms with E-state index < -0.39 is 0 Å². The molecular formula is H9AlCaCrMnSiTiZn. The van der Waals surface area contributed by atoms with Crippen LogP contribution in [0.15, 0.2) is 0 Å². The summed E-state index contributed by atoms with van der Waals surface area (Å²) in [5.41, 5.74) is 0. The first-order chi connectivity index (χ1) is 0. The van der Waals surface area contributed by atoms with Crippen molar-refractivity contribution in [3.8, 4) is 0 Å². The second kappa shape index (κ2) is 47.5. The minimum atomic E-state index is 0. The van der Waals surface area contributed by atoms with E-state index in [1.807, 2.05) is 0 Å². The summed E-state index contributed by atoms with van der Waals surface area (Å²) >= 11 is 0. The molecule has 0 aliphatic rings. The fourth-order valence-corrected chi connectivity index (χ4v) is 0. The zero-order chi connectivity index (χ0) is 0. The van der Waals surface area contributed by atoms with Gasteiger partial charge in [0.05, 0.1) is 0 Å². The Morgan fingerprint density at radius 3 is 1.00 bits per heavy atom. The van der Waals surface area contributed by atoms with Gasteiger partial charge in [-0.1, -0.05) is 0 Å². The first-order valence-electron chi connectivity index (χ1n) is 0. The van der Waals surface area contributed by atoms with Gasteiger partial charge in [-0.3, -0.25) is 0 Å². The summed E-state index contributed by atoms with van der Waals surface area (Å²) in [6.07, 6.45) is 0. The number of hydrogen-bond acceptors (Lipinski definition) is 0. The molecule has 0 saturated heterocycles. The minimum absolute atomic E-state index is 0. The SMILES string of the molecule is [AlH3].[CaH2].[Cr].[Mn].[SiH4].[Ti].[Zn]. The Bertz CT molecular complexity index is 19.7. The van der Waals surface area contributed by atoms with Crippen molar-refractivity contribution < 1.29 is 75.6 Å². The quantitative estimate of drug-likeness (QED) is 0.405. The van der Waals surface area contributed by atoms with Gasteiger partial charge < -0.3 is 0 Å². The second-order valence-electron chi connectivity index (χ2n) is 0. The zero-order valence-electron chi connectivity index (χ0n) is 1.99. The molecule has 0 aliphatic carbocycles. The van der Waals surface area contributed by atoms with E-state index in [1.165, 1.54) is 0 Å². The molecule has 0 aliphatic heterocycles. The van der Waals surface area contributed by atoms with E-state index in [0.717, 1.165) is 0 Å². The molecular weight excluding hydrogens is 315 g/mol. The van der Waals surface area contributed by atoms with Crippen LogP contribution in [-0.4, -0.2) is 66.1 Å². The third kappa shape index (κ3) is 37.9. The van der Waals surface area contributed by atoms with Crippen LogP contribution >= 0.6 is 0 Å². The smallest absolute Gasteiger partial charge is 0 e. The van der Waals surface area contributed by atoms with Crippen molar-refractivity contribution in [2.45, 2.75) is 0 Å². The standard InChI is InChI=1S/Al.Ca.Cr.Mn.H4Si.Ti.Zn.5H/h;;;;1H4;;;;;;;. The molecule has 0 atom stereocenters. The van der Waals surface area contributed by atoms with Gasteiger partial charge in [0, 0.05) is 75.6 Å². The molecule has 0 amide bonds. The van der Waals surface area contributed by atoms with Gasteiger partial charge in [0.1, 0.15) is 0 Å². The summed E-state index contributed by atoms with van der Waals surface area (Å²) < 4.78 is 0. The molecule has 0 aromatic heterocycles. The molecule has 0 N–H and O–H groups in total. The third-order valence-corrected chi connectivity index (χ3v) is 0. The van der Waals surface area contributed by atoms with E-state index in [-0.39, 0.29) is 142 Å². The molecule has 0 saturated carbocycles. The van der Waals surface area contributed by atoms with Gasteiger partial charge in [0.2, 0.25) is 0 Å². The molecule has 0 aromatic rings. The van der Waals surface area contributed by atoms with Crippen LogP contribution in [0.4, 0.5) is 0 Å².